The molecule has 6 nitrogen and oxygen atoms in total. The van der Waals surface area contributed by atoms with E-state index in [0.29, 0.717) is 13.0 Å². The first-order valence-electron chi connectivity index (χ1n) is 5.63. The van der Waals surface area contributed by atoms with Gasteiger partial charge in [-0.15, -0.1) is 11.3 Å². The van der Waals surface area contributed by atoms with Gasteiger partial charge in [0.25, 0.3) is 0 Å². The average molecular weight is 271 g/mol. The van der Waals surface area contributed by atoms with Gasteiger partial charge in [0.15, 0.2) is 0 Å². The van der Waals surface area contributed by atoms with Crippen LogP contribution in [0.25, 0.3) is 0 Å². The highest BCUT2D eigenvalue weighted by Crippen LogP contribution is 2.05. The molecule has 0 saturated heterocycles. The molecule has 0 radical (unpaired) electrons. The summed E-state index contributed by atoms with van der Waals surface area (Å²) in [5.41, 5.74) is 2.43. The van der Waals surface area contributed by atoms with Crippen molar-refractivity contribution in [2.24, 2.45) is 5.92 Å². The number of amides is 2. The van der Waals surface area contributed by atoms with Gasteiger partial charge in [0.2, 0.25) is 0 Å². The van der Waals surface area contributed by atoms with Gasteiger partial charge in [-0.1, -0.05) is 13.8 Å². The standard InChI is InChI=1S/C11H17N3O3S/c1-7(2)3-9(10(15)16)14-11(17)12-4-8-5-18-6-13-8/h5-7,9H,3-4H2,1-2H3,(H,15,16)(H2,12,14,17). The minimum Gasteiger partial charge on any atom is -0.480 e. The minimum absolute atomic E-state index is 0.199. The van der Waals surface area contributed by atoms with Crippen molar-refractivity contribution in [3.05, 3.63) is 16.6 Å². The zero-order chi connectivity index (χ0) is 13.5. The first-order valence-corrected chi connectivity index (χ1v) is 6.57. The van der Waals surface area contributed by atoms with Gasteiger partial charge in [0, 0.05) is 5.38 Å². The molecule has 0 spiro atoms. The molecular formula is C11H17N3O3S. The van der Waals surface area contributed by atoms with Crippen molar-refractivity contribution in [3.8, 4) is 0 Å². The fourth-order valence-electron chi connectivity index (χ4n) is 1.40. The molecule has 0 fully saturated rings. The van der Waals surface area contributed by atoms with Gasteiger partial charge in [-0.2, -0.15) is 0 Å². The third kappa shape index (κ3) is 5.13. The second kappa shape index (κ2) is 6.95. The van der Waals surface area contributed by atoms with Crippen LogP contribution in [-0.2, 0) is 11.3 Å². The van der Waals surface area contributed by atoms with Crippen molar-refractivity contribution in [2.75, 3.05) is 0 Å². The zero-order valence-corrected chi connectivity index (χ0v) is 11.2. The first kappa shape index (κ1) is 14.4. The number of carboxylic acids is 1. The van der Waals surface area contributed by atoms with E-state index >= 15 is 0 Å². The molecule has 1 heterocycles. The van der Waals surface area contributed by atoms with Gasteiger partial charge in [-0.25, -0.2) is 14.6 Å². The number of urea groups is 1. The van der Waals surface area contributed by atoms with Crippen LogP contribution in [0.5, 0.6) is 0 Å². The summed E-state index contributed by atoms with van der Waals surface area (Å²) in [5, 5.41) is 15.8. The maximum atomic E-state index is 11.5. The molecule has 3 N–H and O–H groups in total. The Morgan fingerprint density at radius 3 is 2.72 bits per heavy atom. The van der Waals surface area contributed by atoms with Crippen molar-refractivity contribution >= 4 is 23.3 Å². The summed E-state index contributed by atoms with van der Waals surface area (Å²) in [6.45, 7) is 4.11. The van der Waals surface area contributed by atoms with Gasteiger partial charge in [-0.05, 0) is 12.3 Å². The fourth-order valence-corrected chi connectivity index (χ4v) is 1.96. The number of aromatic nitrogens is 1. The molecule has 0 aliphatic rings. The molecule has 1 atom stereocenters. The summed E-state index contributed by atoms with van der Waals surface area (Å²) in [6, 6.07) is -1.35. The Morgan fingerprint density at radius 1 is 1.50 bits per heavy atom. The van der Waals surface area contributed by atoms with Gasteiger partial charge >= 0.3 is 12.0 Å². The number of nitrogens with one attached hydrogen (secondary N) is 2. The van der Waals surface area contributed by atoms with E-state index in [1.807, 2.05) is 19.2 Å². The highest BCUT2D eigenvalue weighted by atomic mass is 32.1. The lowest BCUT2D eigenvalue weighted by Crippen LogP contribution is -2.46. The number of aliphatic carboxylic acids is 1. The molecule has 1 aromatic heterocycles. The second-order valence-electron chi connectivity index (χ2n) is 4.33. The van der Waals surface area contributed by atoms with Crippen molar-refractivity contribution in [2.45, 2.75) is 32.9 Å². The monoisotopic (exact) mass is 271 g/mol. The van der Waals surface area contributed by atoms with Crippen LogP contribution in [0.2, 0.25) is 0 Å². The Morgan fingerprint density at radius 2 is 2.22 bits per heavy atom. The molecule has 7 heteroatoms. The maximum absolute atomic E-state index is 11.5. The SMILES string of the molecule is CC(C)CC(NC(=O)NCc1cscn1)C(=O)O. The van der Waals surface area contributed by atoms with Gasteiger partial charge in [0.1, 0.15) is 6.04 Å². The summed E-state index contributed by atoms with van der Waals surface area (Å²) in [7, 11) is 0. The Kier molecular flexibility index (Phi) is 5.57. The average Bonchev–Trinajstić information content (AvgIpc) is 2.77. The quantitative estimate of drug-likeness (QED) is 0.730. The summed E-state index contributed by atoms with van der Waals surface area (Å²) in [6.07, 6.45) is 0.402. The van der Waals surface area contributed by atoms with E-state index in [-0.39, 0.29) is 5.92 Å². The zero-order valence-electron chi connectivity index (χ0n) is 10.3. The fraction of sp³-hybridized carbons (Fsp3) is 0.545. The van der Waals surface area contributed by atoms with Crippen LogP contribution in [0, 0.1) is 5.92 Å². The van der Waals surface area contributed by atoms with Gasteiger partial charge in [-0.3, -0.25) is 0 Å². The van der Waals surface area contributed by atoms with Crippen molar-refractivity contribution in [1.82, 2.24) is 15.6 Å². The molecule has 0 bridgehead atoms. The van der Waals surface area contributed by atoms with Crippen LogP contribution in [0.1, 0.15) is 26.0 Å². The molecule has 1 aromatic rings. The molecule has 0 aliphatic heterocycles. The molecular weight excluding hydrogens is 254 g/mol. The van der Waals surface area contributed by atoms with E-state index in [4.69, 9.17) is 5.11 Å². The second-order valence-corrected chi connectivity index (χ2v) is 5.05. The number of carboxylic acid groups (broad SMARTS) is 1. The summed E-state index contributed by atoms with van der Waals surface area (Å²) >= 11 is 1.44. The van der Waals surface area contributed by atoms with E-state index in [1.165, 1.54) is 11.3 Å². The predicted molar refractivity (Wildman–Crippen MR) is 68.4 cm³/mol. The van der Waals surface area contributed by atoms with E-state index in [9.17, 15) is 9.59 Å². The van der Waals surface area contributed by atoms with Crippen molar-refractivity contribution in [1.29, 1.82) is 0 Å². The summed E-state index contributed by atoms with van der Waals surface area (Å²) < 4.78 is 0. The van der Waals surface area contributed by atoms with Crippen LogP contribution < -0.4 is 10.6 Å². The number of hydrogen-bond donors (Lipinski definition) is 3. The third-order valence-electron chi connectivity index (χ3n) is 2.22. The number of thiazole rings is 1. The number of rotatable bonds is 6. The van der Waals surface area contributed by atoms with Crippen LogP contribution in [0.4, 0.5) is 4.79 Å². The molecule has 1 unspecified atom stereocenters. The lowest BCUT2D eigenvalue weighted by atomic mass is 10.0. The largest absolute Gasteiger partial charge is 0.480 e. The Hall–Kier alpha value is -1.63. The van der Waals surface area contributed by atoms with Crippen LogP contribution in [-0.4, -0.2) is 28.1 Å². The summed E-state index contributed by atoms with van der Waals surface area (Å²) in [5.74, 6) is -0.822. The number of carbonyl (C=O) groups is 2. The molecule has 1 rings (SSSR count). The van der Waals surface area contributed by atoms with E-state index in [0.717, 1.165) is 5.69 Å². The predicted octanol–water partition coefficient (Wildman–Crippen LogP) is 1.44. The summed E-state index contributed by atoms with van der Waals surface area (Å²) in [4.78, 5) is 26.5. The van der Waals surface area contributed by atoms with E-state index in [1.54, 1.807) is 5.51 Å². The Bertz CT molecular complexity index is 392. The highest BCUT2D eigenvalue weighted by molar-refractivity contribution is 7.07. The van der Waals surface area contributed by atoms with Gasteiger partial charge < -0.3 is 15.7 Å². The minimum atomic E-state index is -1.02. The normalized spacial score (nSPS) is 12.2. The van der Waals surface area contributed by atoms with Crippen LogP contribution >= 0.6 is 11.3 Å². The lowest BCUT2D eigenvalue weighted by Gasteiger charge is -2.16. The van der Waals surface area contributed by atoms with Crippen LogP contribution in [0.15, 0.2) is 10.9 Å². The van der Waals surface area contributed by atoms with E-state index < -0.39 is 18.0 Å². The number of carbonyl (C=O) groups excluding carboxylic acids is 1. The van der Waals surface area contributed by atoms with Gasteiger partial charge in [0.05, 0.1) is 17.7 Å². The Labute approximate surface area is 109 Å². The maximum Gasteiger partial charge on any atom is 0.326 e. The van der Waals surface area contributed by atoms with Crippen molar-refractivity contribution < 1.29 is 14.7 Å². The molecule has 100 valence electrons. The lowest BCUT2D eigenvalue weighted by molar-refractivity contribution is -0.139. The van der Waals surface area contributed by atoms with E-state index in [2.05, 4.69) is 15.6 Å². The molecule has 0 saturated carbocycles. The number of hydrogen-bond acceptors (Lipinski definition) is 4. The van der Waals surface area contributed by atoms with Crippen LogP contribution in [0.3, 0.4) is 0 Å². The molecule has 0 aliphatic carbocycles. The van der Waals surface area contributed by atoms with Crippen molar-refractivity contribution in [3.63, 3.8) is 0 Å². The third-order valence-corrected chi connectivity index (χ3v) is 2.86. The highest BCUT2D eigenvalue weighted by Gasteiger charge is 2.20. The molecule has 18 heavy (non-hydrogen) atoms. The molecule has 2 amide bonds. The topological polar surface area (TPSA) is 91.3 Å². The number of nitrogens with zero attached hydrogens (tertiary/aromatic N) is 1. The first-order chi connectivity index (χ1) is 8.49. The smallest absolute Gasteiger partial charge is 0.326 e. The molecule has 0 aromatic carbocycles. The Balaban J connectivity index is 2.39.